The van der Waals surface area contributed by atoms with Crippen LogP contribution >= 0.6 is 34.9 Å². The summed E-state index contributed by atoms with van der Waals surface area (Å²) in [6.45, 7) is 5.90. The normalized spacial score (nSPS) is 10.5. The lowest BCUT2D eigenvalue weighted by Gasteiger charge is -2.08. The average molecular weight is 428 g/mol. The van der Waals surface area contributed by atoms with Crippen molar-refractivity contribution in [1.29, 1.82) is 5.26 Å². The van der Waals surface area contributed by atoms with Crippen molar-refractivity contribution in [3.05, 3.63) is 69.2 Å². The molecule has 28 heavy (non-hydrogen) atoms. The van der Waals surface area contributed by atoms with Crippen LogP contribution in [0.3, 0.4) is 0 Å². The molecule has 1 N–H and O–H groups in total. The van der Waals surface area contributed by atoms with Gasteiger partial charge < -0.3 is 5.32 Å². The summed E-state index contributed by atoms with van der Waals surface area (Å²) in [5.41, 5.74) is 5.09. The SMILES string of the molecule is Cc1ccc(C(=O)CSc2nsc(Nc3cc(Cl)ccc3C)c2C#N)c(C)c1. The predicted octanol–water partition coefficient (Wildman–Crippen LogP) is 6.31. The zero-order chi connectivity index (χ0) is 20.3. The van der Waals surface area contributed by atoms with E-state index < -0.39 is 0 Å². The van der Waals surface area contributed by atoms with Gasteiger partial charge in [0.05, 0.1) is 5.75 Å². The Bertz CT molecular complexity index is 1090. The molecular formula is C21H18ClN3OS2. The molecule has 0 aliphatic heterocycles. The van der Waals surface area contributed by atoms with Crippen LogP contribution in [0.2, 0.25) is 5.02 Å². The van der Waals surface area contributed by atoms with Gasteiger partial charge >= 0.3 is 0 Å². The van der Waals surface area contributed by atoms with Crippen LogP contribution in [-0.4, -0.2) is 15.9 Å². The molecule has 0 amide bonds. The van der Waals surface area contributed by atoms with Crippen LogP contribution in [0, 0.1) is 32.1 Å². The van der Waals surface area contributed by atoms with Crippen LogP contribution < -0.4 is 5.32 Å². The predicted molar refractivity (Wildman–Crippen MR) is 117 cm³/mol. The van der Waals surface area contributed by atoms with Gasteiger partial charge in [-0.25, -0.2) is 0 Å². The Morgan fingerprint density at radius 2 is 2.00 bits per heavy atom. The van der Waals surface area contributed by atoms with E-state index in [1.54, 1.807) is 0 Å². The lowest BCUT2D eigenvalue weighted by molar-refractivity contribution is 0.102. The molecule has 4 nitrogen and oxygen atoms in total. The first-order valence-corrected chi connectivity index (χ1v) is 10.7. The highest BCUT2D eigenvalue weighted by atomic mass is 35.5. The topological polar surface area (TPSA) is 65.8 Å². The summed E-state index contributed by atoms with van der Waals surface area (Å²) in [6.07, 6.45) is 0. The molecule has 0 radical (unpaired) electrons. The molecule has 0 bridgehead atoms. The van der Waals surface area contributed by atoms with Gasteiger partial charge in [0.15, 0.2) is 5.78 Å². The van der Waals surface area contributed by atoms with Gasteiger partial charge in [0.2, 0.25) is 0 Å². The number of carbonyl (C=O) groups excluding carboxylic acids is 1. The fourth-order valence-electron chi connectivity index (χ4n) is 2.75. The molecule has 7 heteroatoms. The summed E-state index contributed by atoms with van der Waals surface area (Å²) in [6, 6.07) is 13.5. The number of carbonyl (C=O) groups is 1. The summed E-state index contributed by atoms with van der Waals surface area (Å²) in [4.78, 5) is 12.6. The second-order valence-electron chi connectivity index (χ2n) is 6.42. The molecule has 0 saturated carbocycles. The Morgan fingerprint density at radius 1 is 1.21 bits per heavy atom. The minimum absolute atomic E-state index is 0.0274. The molecule has 0 saturated heterocycles. The van der Waals surface area contributed by atoms with E-state index in [9.17, 15) is 10.1 Å². The number of hydrogen-bond donors (Lipinski definition) is 1. The highest BCUT2D eigenvalue weighted by Crippen LogP contribution is 2.35. The van der Waals surface area contributed by atoms with Gasteiger partial charge in [-0.3, -0.25) is 4.79 Å². The minimum Gasteiger partial charge on any atom is -0.345 e. The largest absolute Gasteiger partial charge is 0.345 e. The number of anilines is 2. The molecule has 0 aliphatic carbocycles. The molecule has 2 aromatic carbocycles. The summed E-state index contributed by atoms with van der Waals surface area (Å²) in [5.74, 6) is 0.261. The van der Waals surface area contributed by atoms with Crippen molar-refractivity contribution in [2.75, 3.05) is 11.1 Å². The number of aromatic nitrogens is 1. The summed E-state index contributed by atoms with van der Waals surface area (Å²) in [5, 5.41) is 14.7. The van der Waals surface area contributed by atoms with Gasteiger partial charge in [-0.2, -0.15) is 9.64 Å². The van der Waals surface area contributed by atoms with E-state index in [1.807, 2.05) is 57.2 Å². The smallest absolute Gasteiger partial charge is 0.173 e. The minimum atomic E-state index is 0.0274. The Labute approximate surface area is 177 Å². The van der Waals surface area contributed by atoms with E-state index in [1.165, 1.54) is 23.3 Å². The summed E-state index contributed by atoms with van der Waals surface area (Å²) in [7, 11) is 0. The lowest BCUT2D eigenvalue weighted by Crippen LogP contribution is -2.05. The number of nitriles is 1. The third kappa shape index (κ3) is 4.56. The van der Waals surface area contributed by atoms with Gasteiger partial charge in [0.25, 0.3) is 0 Å². The van der Waals surface area contributed by atoms with E-state index in [0.717, 1.165) is 22.4 Å². The van der Waals surface area contributed by atoms with Crippen molar-refractivity contribution in [1.82, 2.24) is 4.37 Å². The third-order valence-corrected chi connectivity index (χ3v) is 6.33. The van der Waals surface area contributed by atoms with Crippen LogP contribution in [-0.2, 0) is 0 Å². The second kappa shape index (κ2) is 8.78. The highest BCUT2D eigenvalue weighted by Gasteiger charge is 2.17. The van der Waals surface area contributed by atoms with Gasteiger partial charge in [-0.1, -0.05) is 53.2 Å². The standard InChI is InChI=1S/C21H18ClN3OS2/c1-12-4-7-16(14(3)8-12)19(26)11-27-21-17(10-23)20(28-25-21)24-18-9-15(22)6-5-13(18)2/h4-9,24H,11H2,1-3H3. The molecule has 0 spiro atoms. The molecule has 3 rings (SSSR count). The first kappa shape index (κ1) is 20.4. The fraction of sp³-hybridized carbons (Fsp3) is 0.190. The second-order valence-corrected chi connectivity index (χ2v) is 8.59. The van der Waals surface area contributed by atoms with Gasteiger partial charge in [0.1, 0.15) is 21.7 Å². The number of nitrogens with zero attached hydrogens (tertiary/aromatic N) is 2. The van der Waals surface area contributed by atoms with E-state index in [0.29, 0.717) is 26.2 Å². The van der Waals surface area contributed by atoms with Crippen LogP contribution in [0.5, 0.6) is 0 Å². The van der Waals surface area contributed by atoms with E-state index >= 15 is 0 Å². The van der Waals surface area contributed by atoms with E-state index in [2.05, 4.69) is 15.8 Å². The number of halogens is 1. The Kier molecular flexibility index (Phi) is 6.40. The first-order valence-electron chi connectivity index (χ1n) is 8.55. The summed E-state index contributed by atoms with van der Waals surface area (Å²) < 4.78 is 4.37. The monoisotopic (exact) mass is 427 g/mol. The molecule has 0 atom stereocenters. The van der Waals surface area contributed by atoms with Crippen LogP contribution in [0.4, 0.5) is 10.7 Å². The van der Waals surface area contributed by atoms with Crippen molar-refractivity contribution in [2.45, 2.75) is 25.8 Å². The van der Waals surface area contributed by atoms with Crippen molar-refractivity contribution in [3.63, 3.8) is 0 Å². The number of Topliss-reactive ketones (excluding diaryl/α,β-unsaturated/α-hetero) is 1. The molecule has 3 aromatic rings. The van der Waals surface area contributed by atoms with Gasteiger partial charge in [0, 0.05) is 16.3 Å². The molecule has 142 valence electrons. The summed E-state index contributed by atoms with van der Waals surface area (Å²) >= 11 is 8.56. The molecule has 0 aliphatic rings. The molecule has 0 unspecified atom stereocenters. The molecule has 1 heterocycles. The average Bonchev–Trinajstić information content (AvgIpc) is 3.04. The van der Waals surface area contributed by atoms with E-state index in [-0.39, 0.29) is 11.5 Å². The number of nitrogens with one attached hydrogen (secondary N) is 1. The molecule has 0 fully saturated rings. The highest BCUT2D eigenvalue weighted by molar-refractivity contribution is 8.00. The van der Waals surface area contributed by atoms with Crippen molar-refractivity contribution >= 4 is 51.4 Å². The third-order valence-electron chi connectivity index (χ3n) is 4.24. The number of rotatable bonds is 6. The molecule has 1 aromatic heterocycles. The maximum atomic E-state index is 12.6. The van der Waals surface area contributed by atoms with Crippen molar-refractivity contribution in [2.24, 2.45) is 0 Å². The van der Waals surface area contributed by atoms with Crippen LogP contribution in [0.25, 0.3) is 0 Å². The number of ketones is 1. The van der Waals surface area contributed by atoms with E-state index in [4.69, 9.17) is 11.6 Å². The van der Waals surface area contributed by atoms with Crippen LogP contribution in [0.15, 0.2) is 41.4 Å². The Hall–Kier alpha value is -2.33. The van der Waals surface area contributed by atoms with Crippen LogP contribution in [0.1, 0.15) is 32.6 Å². The Balaban J connectivity index is 1.76. The van der Waals surface area contributed by atoms with Crippen molar-refractivity contribution in [3.8, 4) is 6.07 Å². The van der Waals surface area contributed by atoms with Crippen molar-refractivity contribution < 1.29 is 4.79 Å². The maximum absolute atomic E-state index is 12.6. The number of aryl methyl sites for hydroxylation is 3. The van der Waals surface area contributed by atoms with Gasteiger partial charge in [-0.05, 0) is 55.6 Å². The fourth-order valence-corrected chi connectivity index (χ4v) is 4.68. The zero-order valence-electron chi connectivity index (χ0n) is 15.7. The number of benzene rings is 2. The van der Waals surface area contributed by atoms with Gasteiger partial charge in [-0.15, -0.1) is 0 Å². The quantitative estimate of drug-likeness (QED) is 0.368. The number of hydrogen-bond acceptors (Lipinski definition) is 6. The lowest BCUT2D eigenvalue weighted by atomic mass is 10.0. The zero-order valence-corrected chi connectivity index (χ0v) is 18.1. The Morgan fingerprint density at radius 3 is 2.71 bits per heavy atom. The molecular weight excluding hydrogens is 410 g/mol. The number of thioether (sulfide) groups is 1. The maximum Gasteiger partial charge on any atom is 0.173 e. The first-order chi connectivity index (χ1) is 13.4.